The van der Waals surface area contributed by atoms with Crippen molar-refractivity contribution in [3.05, 3.63) is 23.3 Å². The van der Waals surface area contributed by atoms with Gasteiger partial charge < -0.3 is 0 Å². The maximum atomic E-state index is 11.2. The first-order valence-corrected chi connectivity index (χ1v) is 5.35. The van der Waals surface area contributed by atoms with Crippen molar-refractivity contribution in [2.45, 2.75) is 10.2 Å². The monoisotopic (exact) mass is 312 g/mol. The highest BCUT2D eigenvalue weighted by Crippen LogP contribution is 2.46. The van der Waals surface area contributed by atoms with Crippen LogP contribution in [-0.4, -0.2) is 9.02 Å². The zero-order valence-electron chi connectivity index (χ0n) is 6.35. The molecule has 0 saturated carbocycles. The number of alkyl halides is 2. The molecule has 12 heavy (non-hydrogen) atoms. The molecule has 0 amide bonds. The van der Waals surface area contributed by atoms with E-state index in [-0.39, 0.29) is 11.7 Å². The SMILES string of the molecule is CC(=O)C1C=CC=C(Cl)C1(Br)Br. The molecule has 0 spiro atoms. The van der Waals surface area contributed by atoms with Crippen LogP contribution in [0.15, 0.2) is 23.3 Å². The van der Waals surface area contributed by atoms with Crippen molar-refractivity contribution >= 4 is 49.2 Å². The van der Waals surface area contributed by atoms with Gasteiger partial charge in [-0.15, -0.1) is 0 Å². The molecule has 0 aliphatic heterocycles. The fourth-order valence-electron chi connectivity index (χ4n) is 1.02. The second-order valence-corrected chi connectivity index (χ2v) is 6.58. The molecular formula is C8H7Br2ClO. The van der Waals surface area contributed by atoms with Gasteiger partial charge in [-0.25, -0.2) is 0 Å². The number of carbonyl (C=O) groups excluding carboxylic acids is 1. The standard InChI is InChI=1S/C8H7Br2ClO/c1-5(12)6-3-2-4-7(11)8(6,9)10/h2-4,6H,1H3. The van der Waals surface area contributed by atoms with Crippen LogP contribution >= 0.6 is 43.5 Å². The normalized spacial score (nSPS) is 26.7. The molecule has 1 aliphatic carbocycles. The molecule has 0 saturated heterocycles. The minimum Gasteiger partial charge on any atom is -0.299 e. The van der Waals surface area contributed by atoms with Crippen LogP contribution in [0.1, 0.15) is 6.92 Å². The number of Topliss-reactive ketones (excluding diaryl/α,β-unsaturated/α-hetero) is 1. The molecule has 1 nitrogen and oxygen atoms in total. The number of carbonyl (C=O) groups is 1. The number of rotatable bonds is 1. The maximum Gasteiger partial charge on any atom is 0.139 e. The first kappa shape index (κ1) is 10.5. The van der Waals surface area contributed by atoms with Gasteiger partial charge in [-0.05, 0) is 13.0 Å². The van der Waals surface area contributed by atoms with Gasteiger partial charge >= 0.3 is 0 Å². The van der Waals surface area contributed by atoms with Crippen LogP contribution in [0.5, 0.6) is 0 Å². The molecule has 4 heteroatoms. The van der Waals surface area contributed by atoms with Gasteiger partial charge in [0.2, 0.25) is 0 Å². The second kappa shape index (κ2) is 3.64. The van der Waals surface area contributed by atoms with E-state index in [1.54, 1.807) is 19.1 Å². The molecule has 0 bridgehead atoms. The third-order valence-electron chi connectivity index (χ3n) is 1.69. The van der Waals surface area contributed by atoms with Crippen LogP contribution in [0.25, 0.3) is 0 Å². The minimum atomic E-state index is -0.609. The summed E-state index contributed by atoms with van der Waals surface area (Å²) in [5, 5.41) is 0.588. The van der Waals surface area contributed by atoms with E-state index < -0.39 is 3.23 Å². The molecule has 1 atom stereocenters. The Kier molecular flexibility index (Phi) is 3.18. The van der Waals surface area contributed by atoms with Crippen LogP contribution in [0, 0.1) is 5.92 Å². The molecule has 0 N–H and O–H groups in total. The van der Waals surface area contributed by atoms with Gasteiger partial charge in [-0.1, -0.05) is 55.6 Å². The highest BCUT2D eigenvalue weighted by atomic mass is 79.9. The van der Waals surface area contributed by atoms with Crippen molar-refractivity contribution in [2.24, 2.45) is 5.92 Å². The van der Waals surface area contributed by atoms with Crippen LogP contribution in [0.4, 0.5) is 0 Å². The summed E-state index contributed by atoms with van der Waals surface area (Å²) in [6.45, 7) is 1.54. The van der Waals surface area contributed by atoms with E-state index in [2.05, 4.69) is 31.9 Å². The Morgan fingerprint density at radius 1 is 1.67 bits per heavy atom. The Morgan fingerprint density at radius 2 is 2.25 bits per heavy atom. The number of hydrogen-bond acceptors (Lipinski definition) is 1. The van der Waals surface area contributed by atoms with Gasteiger partial charge in [0.1, 0.15) is 9.02 Å². The highest BCUT2D eigenvalue weighted by Gasteiger charge is 2.39. The predicted octanol–water partition coefficient (Wildman–Crippen LogP) is 3.37. The molecule has 0 radical (unpaired) electrons. The predicted molar refractivity (Wildman–Crippen MR) is 57.8 cm³/mol. The summed E-state index contributed by atoms with van der Waals surface area (Å²) in [7, 11) is 0. The Hall–Kier alpha value is 0.400. The van der Waals surface area contributed by atoms with E-state index in [0.29, 0.717) is 5.03 Å². The first-order valence-electron chi connectivity index (χ1n) is 3.39. The number of halogens is 3. The highest BCUT2D eigenvalue weighted by molar-refractivity contribution is 9.25. The van der Waals surface area contributed by atoms with E-state index in [9.17, 15) is 4.79 Å². The average Bonchev–Trinajstić information content (AvgIpc) is 1.94. The number of allylic oxidation sites excluding steroid dienone is 4. The lowest BCUT2D eigenvalue weighted by Crippen LogP contribution is -2.30. The molecule has 1 unspecified atom stereocenters. The van der Waals surface area contributed by atoms with Crippen LogP contribution in [-0.2, 0) is 4.79 Å². The number of ketones is 1. The summed E-state index contributed by atoms with van der Waals surface area (Å²) in [6.07, 6.45) is 5.36. The van der Waals surface area contributed by atoms with E-state index in [1.807, 2.05) is 6.08 Å². The smallest absolute Gasteiger partial charge is 0.139 e. The summed E-state index contributed by atoms with van der Waals surface area (Å²) in [6, 6.07) is 0. The summed E-state index contributed by atoms with van der Waals surface area (Å²) in [4.78, 5) is 11.2. The van der Waals surface area contributed by atoms with Gasteiger partial charge in [0.15, 0.2) is 0 Å². The fourth-order valence-corrected chi connectivity index (χ4v) is 2.43. The van der Waals surface area contributed by atoms with Gasteiger partial charge in [0, 0.05) is 5.03 Å². The van der Waals surface area contributed by atoms with Crippen molar-refractivity contribution in [3.8, 4) is 0 Å². The van der Waals surface area contributed by atoms with Crippen molar-refractivity contribution in [1.29, 1.82) is 0 Å². The van der Waals surface area contributed by atoms with Gasteiger partial charge in [0.25, 0.3) is 0 Å². The first-order chi connectivity index (χ1) is 5.46. The Bertz CT molecular complexity index is 268. The molecule has 0 aromatic heterocycles. The van der Waals surface area contributed by atoms with Crippen LogP contribution < -0.4 is 0 Å². The zero-order chi connectivity index (χ0) is 9.35. The van der Waals surface area contributed by atoms with Gasteiger partial charge in [-0.2, -0.15) is 0 Å². The Labute approximate surface area is 93.1 Å². The summed E-state index contributed by atoms with van der Waals surface area (Å²) in [5.74, 6) is -0.166. The Balaban J connectivity index is 3.01. The molecule has 66 valence electrons. The average molecular weight is 314 g/mol. The summed E-state index contributed by atoms with van der Waals surface area (Å²) >= 11 is 12.6. The zero-order valence-corrected chi connectivity index (χ0v) is 10.3. The van der Waals surface area contributed by atoms with Crippen LogP contribution in [0.3, 0.4) is 0 Å². The topological polar surface area (TPSA) is 17.1 Å². The Morgan fingerprint density at radius 3 is 2.67 bits per heavy atom. The lowest BCUT2D eigenvalue weighted by atomic mass is 9.97. The van der Waals surface area contributed by atoms with E-state index in [4.69, 9.17) is 11.6 Å². The molecular weight excluding hydrogens is 307 g/mol. The van der Waals surface area contributed by atoms with E-state index in [1.165, 1.54) is 0 Å². The van der Waals surface area contributed by atoms with Crippen molar-refractivity contribution in [2.75, 3.05) is 0 Å². The lowest BCUT2D eigenvalue weighted by molar-refractivity contribution is -0.119. The van der Waals surface area contributed by atoms with E-state index in [0.717, 1.165) is 0 Å². The maximum absolute atomic E-state index is 11.2. The fraction of sp³-hybridized carbons (Fsp3) is 0.375. The summed E-state index contributed by atoms with van der Waals surface area (Å²) < 4.78 is -0.609. The molecule has 0 fully saturated rings. The molecule has 0 aromatic rings. The molecule has 1 rings (SSSR count). The lowest BCUT2D eigenvalue weighted by Gasteiger charge is -2.28. The molecule has 1 aliphatic rings. The van der Waals surface area contributed by atoms with Gasteiger partial charge in [-0.3, -0.25) is 4.79 Å². The van der Waals surface area contributed by atoms with Crippen LogP contribution in [0.2, 0.25) is 0 Å². The van der Waals surface area contributed by atoms with Crippen molar-refractivity contribution in [1.82, 2.24) is 0 Å². The van der Waals surface area contributed by atoms with Crippen molar-refractivity contribution < 1.29 is 4.79 Å². The van der Waals surface area contributed by atoms with Crippen molar-refractivity contribution in [3.63, 3.8) is 0 Å². The van der Waals surface area contributed by atoms with Gasteiger partial charge in [0.05, 0.1) is 5.92 Å². The third kappa shape index (κ3) is 1.83. The largest absolute Gasteiger partial charge is 0.299 e. The number of hydrogen-bond donors (Lipinski definition) is 0. The molecule has 0 heterocycles. The quantitative estimate of drug-likeness (QED) is 0.678. The minimum absolute atomic E-state index is 0.0752. The second-order valence-electron chi connectivity index (χ2n) is 2.61. The summed E-state index contributed by atoms with van der Waals surface area (Å²) in [5.41, 5.74) is 0. The third-order valence-corrected chi connectivity index (χ3v) is 4.41. The molecule has 0 aromatic carbocycles. The van der Waals surface area contributed by atoms with E-state index >= 15 is 0 Å².